The first-order valence-corrected chi connectivity index (χ1v) is 7.74. The number of hydrogen-bond donors (Lipinski definition) is 0. The van der Waals surface area contributed by atoms with Crippen molar-refractivity contribution in [2.75, 3.05) is 0 Å². The summed E-state index contributed by atoms with van der Waals surface area (Å²) in [7, 11) is -0.446. The summed E-state index contributed by atoms with van der Waals surface area (Å²) in [6.07, 6.45) is 0. The molecule has 0 aliphatic heterocycles. The fourth-order valence-corrected chi connectivity index (χ4v) is 4.48. The molecule has 0 saturated heterocycles. The van der Waals surface area contributed by atoms with Crippen molar-refractivity contribution in [1.82, 2.24) is 0 Å². The molecule has 0 spiro atoms. The van der Waals surface area contributed by atoms with Gasteiger partial charge in [-0.1, -0.05) is 91.0 Å². The second-order valence-corrected chi connectivity index (χ2v) is 6.56. The van der Waals surface area contributed by atoms with Crippen LogP contribution in [0.15, 0.2) is 91.0 Å². The quantitative estimate of drug-likeness (QED) is 0.387. The number of halogens is 1. The van der Waals surface area contributed by atoms with Crippen LogP contribution < -0.4 is 15.9 Å². The third kappa shape index (κ3) is 4.54. The standard InChI is InChI=1S/C18H15P.Au.ClH2/c1-4-10-16(11-5-1)19(17-12-6-2-7-13-17)18-14-8-3-9-15-18;;/h1-15H;;1H2/q;2*+1. The monoisotopic (exact) mass is 496 g/mol. The third-order valence-corrected chi connectivity index (χ3v) is 5.49. The molecule has 3 heteroatoms. The summed E-state index contributed by atoms with van der Waals surface area (Å²) in [6.45, 7) is 0. The molecule has 0 saturated carbocycles. The minimum Gasteiger partial charge on any atom is -0.0622 e. The van der Waals surface area contributed by atoms with Crippen molar-refractivity contribution in [3.63, 3.8) is 0 Å². The Hall–Kier alpha value is -0.880. The molecule has 0 radical (unpaired) electrons. The van der Waals surface area contributed by atoms with Gasteiger partial charge in [0.1, 0.15) is 0 Å². The van der Waals surface area contributed by atoms with E-state index in [1.807, 2.05) is 0 Å². The van der Waals surface area contributed by atoms with Gasteiger partial charge in [-0.25, -0.2) is 0 Å². The molecular formula is C18H17AuClP+2. The Morgan fingerprint density at radius 2 is 0.667 bits per heavy atom. The Bertz CT molecular complexity index is 535. The average Bonchev–Trinajstić information content (AvgIpc) is 2.51. The first-order valence-electron chi connectivity index (χ1n) is 6.40. The maximum absolute atomic E-state index is 2.23. The first-order chi connectivity index (χ1) is 9.45. The van der Waals surface area contributed by atoms with E-state index >= 15 is 0 Å². The Morgan fingerprint density at radius 3 is 0.905 bits per heavy atom. The van der Waals surface area contributed by atoms with Gasteiger partial charge >= 0.3 is 22.4 Å². The molecule has 0 N–H and O–H groups in total. The summed E-state index contributed by atoms with van der Waals surface area (Å²) in [5.41, 5.74) is 0. The molecule has 0 bridgehead atoms. The van der Waals surface area contributed by atoms with Crippen molar-refractivity contribution >= 4 is 23.8 Å². The average molecular weight is 497 g/mol. The van der Waals surface area contributed by atoms with Crippen molar-refractivity contribution < 1.29 is 34.8 Å². The SMILES string of the molecule is [Au+].[ClH2+].c1ccc(P(c2ccccc2)c2ccccc2)cc1. The van der Waals surface area contributed by atoms with Gasteiger partial charge in [0.25, 0.3) is 0 Å². The van der Waals surface area contributed by atoms with Crippen LogP contribution in [-0.2, 0) is 22.4 Å². The third-order valence-electron chi connectivity index (χ3n) is 3.04. The molecule has 21 heavy (non-hydrogen) atoms. The molecule has 3 aromatic carbocycles. The van der Waals surface area contributed by atoms with Crippen LogP contribution in [0.1, 0.15) is 0 Å². The minimum atomic E-state index is -0.446. The summed E-state index contributed by atoms with van der Waals surface area (Å²) in [5, 5.41) is 4.19. The molecular weight excluding hydrogens is 480 g/mol. The van der Waals surface area contributed by atoms with E-state index in [-0.39, 0.29) is 34.8 Å². The van der Waals surface area contributed by atoms with Crippen LogP contribution in [0, 0.1) is 12.4 Å². The van der Waals surface area contributed by atoms with Crippen LogP contribution in [0.4, 0.5) is 0 Å². The van der Waals surface area contributed by atoms with Crippen LogP contribution >= 0.6 is 7.92 Å². The summed E-state index contributed by atoms with van der Waals surface area (Å²) < 4.78 is 0. The van der Waals surface area contributed by atoms with Crippen LogP contribution in [0.25, 0.3) is 0 Å². The van der Waals surface area contributed by atoms with Crippen molar-refractivity contribution in [1.29, 1.82) is 0 Å². The van der Waals surface area contributed by atoms with E-state index in [1.54, 1.807) is 0 Å². The topological polar surface area (TPSA) is 0 Å². The molecule has 0 unspecified atom stereocenters. The summed E-state index contributed by atoms with van der Waals surface area (Å²) in [4.78, 5) is 0. The molecule has 0 atom stereocenters. The Kier molecular flexibility index (Phi) is 7.96. The fraction of sp³-hybridized carbons (Fsp3) is 0. The van der Waals surface area contributed by atoms with Gasteiger partial charge in [0.15, 0.2) is 0 Å². The molecule has 0 amide bonds. The zero-order valence-electron chi connectivity index (χ0n) is 11.4. The second-order valence-electron chi connectivity index (χ2n) is 4.34. The Balaban J connectivity index is 0.00000110. The molecule has 0 heterocycles. The molecule has 3 rings (SSSR count). The predicted octanol–water partition coefficient (Wildman–Crippen LogP) is 2.91. The molecule has 110 valence electrons. The smallest absolute Gasteiger partial charge is 0.0622 e. The van der Waals surface area contributed by atoms with Crippen molar-refractivity contribution in [3.8, 4) is 0 Å². The van der Waals surface area contributed by atoms with Gasteiger partial charge in [0, 0.05) is 0 Å². The van der Waals surface area contributed by atoms with Crippen LogP contribution in [0.3, 0.4) is 0 Å². The summed E-state index contributed by atoms with van der Waals surface area (Å²) in [5.74, 6) is 0. The molecule has 0 aromatic heterocycles. The van der Waals surface area contributed by atoms with E-state index in [9.17, 15) is 0 Å². The van der Waals surface area contributed by atoms with Crippen molar-refractivity contribution in [2.24, 2.45) is 0 Å². The maximum Gasteiger partial charge on any atom is 1.00 e. The normalized spacial score (nSPS) is 9.57. The maximum atomic E-state index is 2.23. The Morgan fingerprint density at radius 1 is 0.429 bits per heavy atom. The molecule has 0 aliphatic carbocycles. The fourth-order valence-electron chi connectivity index (χ4n) is 2.18. The molecule has 0 nitrogen and oxygen atoms in total. The first kappa shape index (κ1) is 18.2. The van der Waals surface area contributed by atoms with E-state index in [1.165, 1.54) is 15.9 Å². The summed E-state index contributed by atoms with van der Waals surface area (Å²) >= 11 is 0. The van der Waals surface area contributed by atoms with Crippen molar-refractivity contribution in [2.45, 2.75) is 0 Å². The predicted molar refractivity (Wildman–Crippen MR) is 87.9 cm³/mol. The summed E-state index contributed by atoms with van der Waals surface area (Å²) in [6, 6.07) is 32.3. The largest absolute Gasteiger partial charge is 1.00 e. The van der Waals surface area contributed by atoms with Crippen LogP contribution in [0.5, 0.6) is 0 Å². The minimum absolute atomic E-state index is 0. The Labute approximate surface area is 149 Å². The number of benzene rings is 3. The van der Waals surface area contributed by atoms with Crippen molar-refractivity contribution in [3.05, 3.63) is 91.0 Å². The second kappa shape index (κ2) is 9.20. The van der Waals surface area contributed by atoms with E-state index < -0.39 is 7.92 Å². The van der Waals surface area contributed by atoms with Gasteiger partial charge in [0.05, 0.1) is 12.4 Å². The van der Waals surface area contributed by atoms with E-state index in [4.69, 9.17) is 0 Å². The van der Waals surface area contributed by atoms with E-state index in [0.29, 0.717) is 0 Å². The number of hydrogen-bond acceptors (Lipinski definition) is 0. The molecule has 0 fully saturated rings. The van der Waals surface area contributed by atoms with Gasteiger partial charge in [-0.05, 0) is 23.8 Å². The molecule has 3 aromatic rings. The van der Waals surface area contributed by atoms with Gasteiger partial charge < -0.3 is 0 Å². The van der Waals surface area contributed by atoms with Gasteiger partial charge in [0.2, 0.25) is 0 Å². The zero-order chi connectivity index (χ0) is 12.9. The van der Waals surface area contributed by atoms with Crippen LogP contribution in [0.2, 0.25) is 0 Å². The van der Waals surface area contributed by atoms with Crippen LogP contribution in [-0.4, -0.2) is 0 Å². The molecule has 0 aliphatic rings. The van der Waals surface area contributed by atoms with E-state index in [2.05, 4.69) is 91.0 Å². The zero-order valence-corrected chi connectivity index (χ0v) is 15.3. The van der Waals surface area contributed by atoms with Gasteiger partial charge in [-0.3, -0.25) is 0 Å². The van der Waals surface area contributed by atoms with Gasteiger partial charge in [-0.15, -0.1) is 0 Å². The number of rotatable bonds is 3. The van der Waals surface area contributed by atoms with E-state index in [0.717, 1.165) is 0 Å². The van der Waals surface area contributed by atoms with Gasteiger partial charge in [-0.2, -0.15) is 0 Å².